The van der Waals surface area contributed by atoms with Crippen molar-refractivity contribution in [1.82, 2.24) is 5.32 Å². The highest BCUT2D eigenvalue weighted by molar-refractivity contribution is 5.39. The lowest BCUT2D eigenvalue weighted by atomic mass is 9.68. The molecule has 2 aliphatic rings. The van der Waals surface area contributed by atoms with Crippen LogP contribution in [0.25, 0.3) is 0 Å². The quantitative estimate of drug-likeness (QED) is 0.912. The van der Waals surface area contributed by atoms with Crippen LogP contribution in [0, 0.1) is 0 Å². The predicted octanol–water partition coefficient (Wildman–Crippen LogP) is 3.74. The average Bonchev–Trinajstić information content (AvgIpc) is 3.15. The Kier molecular flexibility index (Phi) is 6.02. The summed E-state index contributed by atoms with van der Waals surface area (Å²) < 4.78 is 9.86. The van der Waals surface area contributed by atoms with Gasteiger partial charge in [-0.3, -0.25) is 0 Å². The summed E-state index contributed by atoms with van der Waals surface area (Å²) >= 11 is 0. The number of benzene rings is 2. The van der Waals surface area contributed by atoms with Crippen molar-refractivity contribution in [3.63, 3.8) is 0 Å². The number of hydrogen-bond acceptors (Lipinski definition) is 3. The molecule has 0 saturated carbocycles. The Morgan fingerprint density at radius 2 is 1.25 bits per heavy atom. The zero-order valence-corrected chi connectivity index (χ0v) is 14.4. The summed E-state index contributed by atoms with van der Waals surface area (Å²) in [6, 6.07) is 21.9. The molecule has 0 atom stereocenters. The summed E-state index contributed by atoms with van der Waals surface area (Å²) in [5.41, 5.74) is 3.11. The Balaban J connectivity index is 0.000000238. The molecular weight excluding hydrogens is 298 g/mol. The summed E-state index contributed by atoms with van der Waals surface area (Å²) in [5, 5.41) is 3.48. The fraction of sp³-hybridized carbons (Fsp3) is 0.429. The third kappa shape index (κ3) is 4.04. The number of rotatable bonds is 2. The standard InChI is InChI=1S/C17H19N.C4H8O2/c1-3-7-15(8-4-1)17(11-13-18-14-12-17)16-9-5-2-6-10-16;1-4-5-2-3-6-4/h1-10,18H,11-14H2;4H,2-3H2,1H3. The van der Waals surface area contributed by atoms with Gasteiger partial charge in [0.25, 0.3) is 0 Å². The lowest BCUT2D eigenvalue weighted by Crippen LogP contribution is -2.40. The molecule has 4 rings (SSSR count). The van der Waals surface area contributed by atoms with Gasteiger partial charge in [-0.25, -0.2) is 0 Å². The number of ether oxygens (including phenoxy) is 2. The number of hydrogen-bond donors (Lipinski definition) is 1. The Morgan fingerprint density at radius 3 is 1.62 bits per heavy atom. The molecule has 2 aromatic rings. The maximum atomic E-state index is 4.93. The lowest BCUT2D eigenvalue weighted by molar-refractivity contribution is -0.0254. The van der Waals surface area contributed by atoms with Gasteiger partial charge in [-0.05, 0) is 44.0 Å². The van der Waals surface area contributed by atoms with E-state index in [2.05, 4.69) is 66.0 Å². The van der Waals surface area contributed by atoms with Crippen molar-refractivity contribution in [2.45, 2.75) is 31.5 Å². The van der Waals surface area contributed by atoms with Gasteiger partial charge in [0.05, 0.1) is 13.2 Å². The van der Waals surface area contributed by atoms with Gasteiger partial charge in [-0.2, -0.15) is 0 Å². The van der Waals surface area contributed by atoms with Crippen LogP contribution in [-0.4, -0.2) is 32.6 Å². The van der Waals surface area contributed by atoms with Gasteiger partial charge in [0.2, 0.25) is 0 Å². The Labute approximate surface area is 145 Å². The first-order chi connectivity index (χ1) is 11.8. The third-order valence-corrected chi connectivity index (χ3v) is 4.90. The molecule has 24 heavy (non-hydrogen) atoms. The molecule has 128 valence electrons. The van der Waals surface area contributed by atoms with Gasteiger partial charge in [-0.1, -0.05) is 60.7 Å². The molecule has 0 aliphatic carbocycles. The summed E-state index contributed by atoms with van der Waals surface area (Å²) in [4.78, 5) is 0. The molecule has 0 bridgehead atoms. The van der Waals surface area contributed by atoms with Crippen LogP contribution in [0.2, 0.25) is 0 Å². The van der Waals surface area contributed by atoms with E-state index in [0.29, 0.717) is 0 Å². The minimum Gasteiger partial charge on any atom is -0.351 e. The highest BCUT2D eigenvalue weighted by Crippen LogP contribution is 2.39. The minimum atomic E-state index is 0.0463. The van der Waals surface area contributed by atoms with Gasteiger partial charge in [-0.15, -0.1) is 0 Å². The summed E-state index contributed by atoms with van der Waals surface area (Å²) in [6.45, 7) is 5.63. The molecular formula is C21H27NO2. The van der Waals surface area contributed by atoms with E-state index in [9.17, 15) is 0 Å². The monoisotopic (exact) mass is 325 g/mol. The van der Waals surface area contributed by atoms with E-state index in [-0.39, 0.29) is 11.7 Å². The van der Waals surface area contributed by atoms with Crippen molar-refractivity contribution in [2.24, 2.45) is 0 Å². The molecule has 2 aliphatic heterocycles. The molecule has 2 fully saturated rings. The highest BCUT2D eigenvalue weighted by Gasteiger charge is 2.35. The van der Waals surface area contributed by atoms with Gasteiger partial charge < -0.3 is 14.8 Å². The van der Waals surface area contributed by atoms with Crippen LogP contribution in [0.4, 0.5) is 0 Å². The smallest absolute Gasteiger partial charge is 0.155 e. The Morgan fingerprint density at radius 1 is 0.792 bits per heavy atom. The van der Waals surface area contributed by atoms with E-state index in [1.807, 2.05) is 6.92 Å². The first-order valence-corrected chi connectivity index (χ1v) is 8.86. The number of piperidine rings is 1. The van der Waals surface area contributed by atoms with Gasteiger partial charge in [0.15, 0.2) is 6.29 Å². The highest BCUT2D eigenvalue weighted by atomic mass is 16.7. The molecule has 3 nitrogen and oxygen atoms in total. The van der Waals surface area contributed by atoms with Gasteiger partial charge in [0, 0.05) is 5.41 Å². The van der Waals surface area contributed by atoms with Crippen LogP contribution in [0.3, 0.4) is 0 Å². The lowest BCUT2D eigenvalue weighted by Gasteiger charge is -2.39. The summed E-state index contributed by atoms with van der Waals surface area (Å²) in [5.74, 6) is 0. The van der Waals surface area contributed by atoms with E-state index in [1.54, 1.807) is 0 Å². The van der Waals surface area contributed by atoms with Crippen LogP contribution >= 0.6 is 0 Å². The fourth-order valence-corrected chi connectivity index (χ4v) is 3.59. The van der Waals surface area contributed by atoms with Crippen LogP contribution in [0.15, 0.2) is 60.7 Å². The summed E-state index contributed by atoms with van der Waals surface area (Å²) in [7, 11) is 0. The first-order valence-electron chi connectivity index (χ1n) is 8.86. The van der Waals surface area contributed by atoms with Gasteiger partial charge >= 0.3 is 0 Å². The van der Waals surface area contributed by atoms with Crippen molar-refractivity contribution in [2.75, 3.05) is 26.3 Å². The SMILES string of the molecule is CC1OCCO1.c1ccc(C2(c3ccccc3)CCNCC2)cc1. The second-order valence-corrected chi connectivity index (χ2v) is 6.37. The summed E-state index contributed by atoms with van der Waals surface area (Å²) in [6.07, 6.45) is 2.41. The van der Waals surface area contributed by atoms with Gasteiger partial charge in [0.1, 0.15) is 0 Å². The second kappa shape index (κ2) is 8.43. The van der Waals surface area contributed by atoms with E-state index in [1.165, 1.54) is 24.0 Å². The van der Waals surface area contributed by atoms with Crippen LogP contribution in [0.1, 0.15) is 30.9 Å². The van der Waals surface area contributed by atoms with E-state index < -0.39 is 0 Å². The molecule has 0 unspecified atom stereocenters. The van der Waals surface area contributed by atoms with Crippen LogP contribution in [0.5, 0.6) is 0 Å². The Bertz CT molecular complexity index is 546. The van der Waals surface area contributed by atoms with E-state index in [4.69, 9.17) is 9.47 Å². The van der Waals surface area contributed by atoms with E-state index in [0.717, 1.165) is 26.3 Å². The molecule has 0 spiro atoms. The topological polar surface area (TPSA) is 30.5 Å². The number of nitrogens with one attached hydrogen (secondary N) is 1. The molecule has 1 N–H and O–H groups in total. The third-order valence-electron chi connectivity index (χ3n) is 4.90. The van der Waals surface area contributed by atoms with Crippen LogP contribution in [-0.2, 0) is 14.9 Å². The molecule has 3 heteroatoms. The first kappa shape index (κ1) is 17.2. The zero-order valence-electron chi connectivity index (χ0n) is 14.4. The molecule has 0 radical (unpaired) electrons. The average molecular weight is 325 g/mol. The molecule has 2 heterocycles. The minimum absolute atomic E-state index is 0.0463. The van der Waals surface area contributed by atoms with E-state index >= 15 is 0 Å². The van der Waals surface area contributed by atoms with Crippen molar-refractivity contribution < 1.29 is 9.47 Å². The van der Waals surface area contributed by atoms with Crippen molar-refractivity contribution in [1.29, 1.82) is 0 Å². The van der Waals surface area contributed by atoms with Crippen LogP contribution < -0.4 is 5.32 Å². The maximum Gasteiger partial charge on any atom is 0.155 e. The second-order valence-electron chi connectivity index (χ2n) is 6.37. The van der Waals surface area contributed by atoms with Crippen molar-refractivity contribution >= 4 is 0 Å². The Hall–Kier alpha value is -1.68. The van der Waals surface area contributed by atoms with Crippen molar-refractivity contribution in [3.05, 3.63) is 71.8 Å². The zero-order chi connectivity index (χ0) is 16.7. The molecule has 2 aromatic carbocycles. The maximum absolute atomic E-state index is 4.93. The fourth-order valence-electron chi connectivity index (χ4n) is 3.59. The molecule has 0 amide bonds. The van der Waals surface area contributed by atoms with Crippen molar-refractivity contribution in [3.8, 4) is 0 Å². The normalized spacial score (nSPS) is 20.2. The predicted molar refractivity (Wildman–Crippen MR) is 97.1 cm³/mol. The largest absolute Gasteiger partial charge is 0.351 e. The molecule has 0 aromatic heterocycles. The molecule has 2 saturated heterocycles.